The number of piperidine rings is 1. The zero-order valence-corrected chi connectivity index (χ0v) is 16.2. The van der Waals surface area contributed by atoms with E-state index < -0.39 is 5.60 Å². The third kappa shape index (κ3) is 2.53. The molecule has 0 aliphatic carbocycles. The minimum atomic E-state index is -0.415. The van der Waals surface area contributed by atoms with Gasteiger partial charge in [-0.3, -0.25) is 9.48 Å². The molecule has 2 aliphatic heterocycles. The molecule has 0 N–H and O–H groups in total. The summed E-state index contributed by atoms with van der Waals surface area (Å²) in [6.45, 7) is 3.35. The van der Waals surface area contributed by atoms with E-state index in [0.717, 1.165) is 46.5 Å². The molecular formula is C23H23N3O2. The van der Waals surface area contributed by atoms with Crippen molar-refractivity contribution in [2.45, 2.75) is 25.4 Å². The lowest BCUT2D eigenvalue weighted by Gasteiger charge is -2.44. The van der Waals surface area contributed by atoms with E-state index in [1.54, 1.807) is 0 Å². The van der Waals surface area contributed by atoms with Gasteiger partial charge < -0.3 is 9.64 Å². The molecule has 0 bridgehead atoms. The maximum Gasteiger partial charge on any atom is 0.253 e. The van der Waals surface area contributed by atoms with Crippen LogP contribution >= 0.6 is 0 Å². The normalized spacial score (nSPS) is 17.0. The average Bonchev–Trinajstić information content (AvgIpc) is 3.11. The van der Waals surface area contributed by atoms with Crippen LogP contribution in [0.1, 0.15) is 34.3 Å². The fraction of sp³-hybridized carbons (Fsp3) is 0.304. The number of para-hydroxylation sites is 1. The highest BCUT2D eigenvalue weighted by Crippen LogP contribution is 2.49. The van der Waals surface area contributed by atoms with Crippen molar-refractivity contribution >= 4 is 5.91 Å². The fourth-order valence-electron chi connectivity index (χ4n) is 4.51. The van der Waals surface area contributed by atoms with E-state index in [4.69, 9.17) is 4.74 Å². The van der Waals surface area contributed by atoms with Crippen LogP contribution in [-0.2, 0) is 12.6 Å². The molecule has 1 amide bonds. The Balaban J connectivity index is 1.44. The lowest BCUT2D eigenvalue weighted by molar-refractivity contribution is -0.00172. The molecule has 2 aromatic carbocycles. The first-order valence-corrected chi connectivity index (χ1v) is 9.74. The number of carbonyl (C=O) groups excluding carboxylic acids is 1. The van der Waals surface area contributed by atoms with Gasteiger partial charge in [0.15, 0.2) is 0 Å². The second-order valence-electron chi connectivity index (χ2n) is 7.78. The predicted octanol–water partition coefficient (Wildman–Crippen LogP) is 3.92. The molecule has 0 unspecified atom stereocenters. The van der Waals surface area contributed by atoms with Gasteiger partial charge in [0.25, 0.3) is 5.91 Å². The van der Waals surface area contributed by atoms with Crippen molar-refractivity contribution < 1.29 is 9.53 Å². The number of hydrogen-bond acceptors (Lipinski definition) is 3. The Labute approximate surface area is 164 Å². The van der Waals surface area contributed by atoms with Gasteiger partial charge in [-0.25, -0.2) is 0 Å². The standard InChI is InChI=1S/C23H23N3O2/c1-16-6-5-7-17(14-16)22(27)26-12-10-23(11-13-26)19-15-24-25(2)21(19)18-8-3-4-9-20(18)28-23/h3-9,14-15H,10-13H2,1-2H3. The van der Waals surface area contributed by atoms with Crippen LogP contribution in [0.2, 0.25) is 0 Å². The molecule has 2 aliphatic rings. The number of benzene rings is 2. The second-order valence-corrected chi connectivity index (χ2v) is 7.78. The van der Waals surface area contributed by atoms with E-state index in [1.807, 2.05) is 72.2 Å². The van der Waals surface area contributed by atoms with Crippen LogP contribution in [0.15, 0.2) is 54.7 Å². The average molecular weight is 373 g/mol. The lowest BCUT2D eigenvalue weighted by atomic mass is 9.81. The van der Waals surface area contributed by atoms with E-state index in [1.165, 1.54) is 0 Å². The highest BCUT2D eigenvalue weighted by atomic mass is 16.5. The largest absolute Gasteiger partial charge is 0.482 e. The monoisotopic (exact) mass is 373 g/mol. The summed E-state index contributed by atoms with van der Waals surface area (Å²) in [5.41, 5.74) is 4.79. The highest BCUT2D eigenvalue weighted by Gasteiger charge is 2.45. The summed E-state index contributed by atoms with van der Waals surface area (Å²) in [6.07, 6.45) is 3.46. The first-order chi connectivity index (χ1) is 13.6. The van der Waals surface area contributed by atoms with Crippen molar-refractivity contribution in [1.29, 1.82) is 0 Å². The number of hydrogen-bond donors (Lipinski definition) is 0. The lowest BCUT2D eigenvalue weighted by Crippen LogP contribution is -2.49. The summed E-state index contributed by atoms with van der Waals surface area (Å²) in [7, 11) is 1.98. The molecule has 0 saturated carbocycles. The smallest absolute Gasteiger partial charge is 0.253 e. The Kier molecular flexibility index (Phi) is 3.79. The number of likely N-dealkylation sites (tertiary alicyclic amines) is 1. The van der Waals surface area contributed by atoms with Crippen molar-refractivity contribution in [3.8, 4) is 17.0 Å². The SMILES string of the molecule is Cc1cccc(C(=O)N2CCC3(CC2)Oc2ccccc2-c2c3cnn2C)c1. The molecule has 5 heteroatoms. The second kappa shape index (κ2) is 6.23. The van der Waals surface area contributed by atoms with Crippen LogP contribution in [0.3, 0.4) is 0 Å². The van der Waals surface area contributed by atoms with Gasteiger partial charge in [-0.05, 0) is 31.2 Å². The Morgan fingerprint density at radius 2 is 1.89 bits per heavy atom. The van der Waals surface area contributed by atoms with E-state index in [0.29, 0.717) is 13.1 Å². The van der Waals surface area contributed by atoms with Gasteiger partial charge in [0.05, 0.1) is 11.9 Å². The Morgan fingerprint density at radius 1 is 1.11 bits per heavy atom. The van der Waals surface area contributed by atoms with Crippen molar-refractivity contribution in [2.75, 3.05) is 13.1 Å². The summed E-state index contributed by atoms with van der Waals surface area (Å²) in [5.74, 6) is 0.998. The number of rotatable bonds is 1. The highest BCUT2D eigenvalue weighted by molar-refractivity contribution is 5.94. The van der Waals surface area contributed by atoms with Crippen LogP contribution in [0.25, 0.3) is 11.3 Å². The third-order valence-electron chi connectivity index (χ3n) is 6.00. The van der Waals surface area contributed by atoms with Gasteiger partial charge >= 0.3 is 0 Å². The minimum Gasteiger partial charge on any atom is -0.482 e. The Hall–Kier alpha value is -3.08. The van der Waals surface area contributed by atoms with Gasteiger partial charge in [-0.1, -0.05) is 29.8 Å². The molecule has 3 aromatic rings. The number of carbonyl (C=O) groups is 1. The first kappa shape index (κ1) is 17.0. The van der Waals surface area contributed by atoms with Crippen LogP contribution in [0.4, 0.5) is 0 Å². The zero-order valence-electron chi connectivity index (χ0n) is 16.2. The molecule has 28 heavy (non-hydrogen) atoms. The van der Waals surface area contributed by atoms with Crippen LogP contribution in [0, 0.1) is 6.92 Å². The van der Waals surface area contributed by atoms with Gasteiger partial charge in [0.2, 0.25) is 0 Å². The summed E-state index contributed by atoms with van der Waals surface area (Å²) in [6, 6.07) is 15.9. The third-order valence-corrected chi connectivity index (χ3v) is 6.00. The molecule has 3 heterocycles. The molecule has 1 aromatic heterocycles. The molecule has 0 atom stereocenters. The van der Waals surface area contributed by atoms with Gasteiger partial charge in [0.1, 0.15) is 11.4 Å². The van der Waals surface area contributed by atoms with E-state index in [2.05, 4.69) is 11.2 Å². The number of fused-ring (bicyclic) bond motifs is 4. The van der Waals surface area contributed by atoms with Crippen LogP contribution in [0.5, 0.6) is 5.75 Å². The van der Waals surface area contributed by atoms with Gasteiger partial charge in [0, 0.05) is 49.7 Å². The van der Waals surface area contributed by atoms with Crippen molar-refractivity contribution in [3.63, 3.8) is 0 Å². The molecule has 1 saturated heterocycles. The van der Waals surface area contributed by atoms with Crippen molar-refractivity contribution in [3.05, 3.63) is 71.4 Å². The quantitative estimate of drug-likeness (QED) is 0.650. The Bertz CT molecular complexity index is 1060. The zero-order chi connectivity index (χ0) is 19.3. The summed E-state index contributed by atoms with van der Waals surface area (Å²) in [4.78, 5) is 14.9. The van der Waals surface area contributed by atoms with Crippen LogP contribution < -0.4 is 4.74 Å². The maximum atomic E-state index is 12.9. The molecule has 5 rings (SSSR count). The molecule has 1 fully saturated rings. The number of amides is 1. The van der Waals surface area contributed by atoms with Crippen LogP contribution in [-0.4, -0.2) is 33.7 Å². The number of nitrogens with zero attached hydrogens (tertiary/aromatic N) is 3. The van der Waals surface area contributed by atoms with Crippen molar-refractivity contribution in [2.24, 2.45) is 7.05 Å². The minimum absolute atomic E-state index is 0.0983. The fourth-order valence-corrected chi connectivity index (χ4v) is 4.51. The molecule has 5 nitrogen and oxygen atoms in total. The summed E-state index contributed by atoms with van der Waals surface area (Å²) >= 11 is 0. The molecule has 142 valence electrons. The Morgan fingerprint density at radius 3 is 2.68 bits per heavy atom. The van der Waals surface area contributed by atoms with E-state index in [9.17, 15) is 4.79 Å². The summed E-state index contributed by atoms with van der Waals surface area (Å²) in [5, 5.41) is 4.51. The van der Waals surface area contributed by atoms with E-state index in [-0.39, 0.29) is 5.91 Å². The summed E-state index contributed by atoms with van der Waals surface area (Å²) < 4.78 is 8.50. The first-order valence-electron chi connectivity index (χ1n) is 9.74. The predicted molar refractivity (Wildman–Crippen MR) is 107 cm³/mol. The molecular weight excluding hydrogens is 350 g/mol. The van der Waals surface area contributed by atoms with Gasteiger partial charge in [-0.2, -0.15) is 5.10 Å². The topological polar surface area (TPSA) is 47.4 Å². The van der Waals surface area contributed by atoms with E-state index >= 15 is 0 Å². The molecule has 0 radical (unpaired) electrons. The molecule has 1 spiro atoms. The maximum absolute atomic E-state index is 12.9. The number of aromatic nitrogens is 2. The van der Waals surface area contributed by atoms with Crippen molar-refractivity contribution in [1.82, 2.24) is 14.7 Å². The van der Waals surface area contributed by atoms with Gasteiger partial charge in [-0.15, -0.1) is 0 Å². The number of aryl methyl sites for hydroxylation is 2. The number of ether oxygens (including phenoxy) is 1.